The molecule has 0 unspecified atom stereocenters. The lowest BCUT2D eigenvalue weighted by atomic mass is 9.80. The minimum absolute atomic E-state index is 0.156. The number of rotatable bonds is 0. The number of carbonyl (C=O) groups is 1. The normalized spacial score (nSPS) is 36.4. The highest BCUT2D eigenvalue weighted by Crippen LogP contribution is 2.37. The number of hydrogen-bond acceptors (Lipinski definition) is 1. The minimum Gasteiger partial charge on any atom is -0.273 e. The molecule has 0 spiro atoms. The van der Waals surface area contributed by atoms with Crippen LogP contribution in [0.15, 0.2) is 0 Å². The molecule has 2 rings (SSSR count). The molecule has 0 aromatic rings. The minimum atomic E-state index is 0.156. The van der Waals surface area contributed by atoms with Gasteiger partial charge in [0.05, 0.1) is 12.0 Å². The number of nitrogens with zero attached hydrogens (tertiary/aromatic N) is 1. The number of halogens is 1. The monoisotopic (exact) mass is 187 g/mol. The molecule has 2 aliphatic rings. The molecule has 1 heterocycles. The van der Waals surface area contributed by atoms with E-state index in [-0.39, 0.29) is 11.8 Å². The van der Waals surface area contributed by atoms with Gasteiger partial charge in [-0.15, -0.1) is 0 Å². The summed E-state index contributed by atoms with van der Waals surface area (Å²) < 4.78 is 1.41. The second-order valence-electron chi connectivity index (χ2n) is 3.81. The van der Waals surface area contributed by atoms with Gasteiger partial charge in [0.1, 0.15) is 0 Å². The first-order chi connectivity index (χ1) is 5.80. The summed E-state index contributed by atoms with van der Waals surface area (Å²) >= 11 is 5.78. The summed E-state index contributed by atoms with van der Waals surface area (Å²) in [5, 5.41) is 0. The van der Waals surface area contributed by atoms with Crippen LogP contribution in [-0.2, 0) is 4.79 Å². The van der Waals surface area contributed by atoms with Crippen LogP contribution in [-0.4, -0.2) is 16.4 Å². The van der Waals surface area contributed by atoms with Crippen LogP contribution >= 0.6 is 11.8 Å². The molecule has 2 fully saturated rings. The Morgan fingerprint density at radius 2 is 1.83 bits per heavy atom. The van der Waals surface area contributed by atoms with Crippen LogP contribution in [0, 0.1) is 5.92 Å². The zero-order valence-electron chi connectivity index (χ0n) is 7.13. The van der Waals surface area contributed by atoms with E-state index in [4.69, 9.17) is 11.8 Å². The van der Waals surface area contributed by atoms with E-state index in [2.05, 4.69) is 0 Å². The summed E-state index contributed by atoms with van der Waals surface area (Å²) in [7, 11) is 0. The second kappa shape index (κ2) is 3.25. The summed E-state index contributed by atoms with van der Waals surface area (Å²) in [6.07, 6.45) is 7.21. The van der Waals surface area contributed by atoms with Crippen LogP contribution in [0.4, 0.5) is 0 Å². The summed E-state index contributed by atoms with van der Waals surface area (Å²) in [6.45, 7) is 0. The first-order valence-electron chi connectivity index (χ1n) is 4.79. The third-order valence-corrected chi connectivity index (χ3v) is 3.47. The van der Waals surface area contributed by atoms with Crippen molar-refractivity contribution in [3.8, 4) is 0 Å². The Hall–Kier alpha value is -0.240. The quantitative estimate of drug-likeness (QED) is 0.421. The van der Waals surface area contributed by atoms with Gasteiger partial charge in [0, 0.05) is 11.8 Å². The molecule has 1 saturated heterocycles. The van der Waals surface area contributed by atoms with E-state index >= 15 is 0 Å². The first-order valence-corrected chi connectivity index (χ1v) is 5.13. The largest absolute Gasteiger partial charge is 0.273 e. The first kappa shape index (κ1) is 8.36. The van der Waals surface area contributed by atoms with Crippen LogP contribution < -0.4 is 0 Å². The fourth-order valence-corrected chi connectivity index (χ4v) is 2.62. The van der Waals surface area contributed by atoms with Gasteiger partial charge < -0.3 is 0 Å². The van der Waals surface area contributed by atoms with E-state index in [1.54, 1.807) is 0 Å². The molecular weight excluding hydrogens is 174 g/mol. The van der Waals surface area contributed by atoms with Crippen molar-refractivity contribution < 1.29 is 4.79 Å². The van der Waals surface area contributed by atoms with E-state index in [0.29, 0.717) is 6.04 Å². The highest BCUT2D eigenvalue weighted by Gasteiger charge is 2.45. The smallest absolute Gasteiger partial charge is 0.242 e. The van der Waals surface area contributed by atoms with Crippen molar-refractivity contribution in [2.75, 3.05) is 0 Å². The molecule has 12 heavy (non-hydrogen) atoms. The van der Waals surface area contributed by atoms with E-state index < -0.39 is 0 Å². The van der Waals surface area contributed by atoms with Crippen molar-refractivity contribution in [3.05, 3.63) is 0 Å². The number of hydrogen-bond donors (Lipinski definition) is 0. The standard InChI is InChI=1S/C9H14ClNO/c10-11-8-6-4-2-1-3-5-7(8)9(11)12/h7-8H,1-6H2/t7-,8+/m1/s1. The molecule has 2 nitrogen and oxygen atoms in total. The summed E-state index contributed by atoms with van der Waals surface area (Å²) in [5.74, 6) is 0.423. The average molecular weight is 188 g/mol. The van der Waals surface area contributed by atoms with E-state index in [9.17, 15) is 4.79 Å². The third kappa shape index (κ3) is 1.22. The molecule has 1 saturated carbocycles. The molecule has 0 aromatic carbocycles. The lowest BCUT2D eigenvalue weighted by molar-refractivity contribution is -0.147. The highest BCUT2D eigenvalue weighted by atomic mass is 35.5. The molecule has 0 bridgehead atoms. The molecular formula is C9H14ClNO. The second-order valence-corrected chi connectivity index (χ2v) is 4.18. The van der Waals surface area contributed by atoms with E-state index in [1.807, 2.05) is 0 Å². The molecule has 68 valence electrons. The van der Waals surface area contributed by atoms with Gasteiger partial charge in [-0.2, -0.15) is 0 Å². The lowest BCUT2D eigenvalue weighted by Gasteiger charge is -2.43. The van der Waals surface area contributed by atoms with Crippen molar-refractivity contribution in [1.82, 2.24) is 4.42 Å². The van der Waals surface area contributed by atoms with Gasteiger partial charge in [0.25, 0.3) is 0 Å². The average Bonchev–Trinajstić information content (AvgIpc) is 2.04. The molecule has 3 heteroatoms. The summed E-state index contributed by atoms with van der Waals surface area (Å²) in [6, 6.07) is 0.361. The maximum absolute atomic E-state index is 11.3. The van der Waals surface area contributed by atoms with E-state index in [1.165, 1.54) is 30.1 Å². The molecule has 1 amide bonds. The Balaban J connectivity index is 1.98. The number of carbonyl (C=O) groups excluding carboxylic acids is 1. The predicted octanol–water partition coefficient (Wildman–Crippen LogP) is 2.32. The van der Waals surface area contributed by atoms with Gasteiger partial charge in [-0.25, -0.2) is 0 Å². The number of β-lactam (4-membered cyclic amide) rings is 1. The molecule has 0 aromatic heterocycles. The van der Waals surface area contributed by atoms with Crippen LogP contribution in [0.25, 0.3) is 0 Å². The van der Waals surface area contributed by atoms with Gasteiger partial charge in [-0.1, -0.05) is 25.7 Å². The van der Waals surface area contributed by atoms with Gasteiger partial charge in [0.2, 0.25) is 5.91 Å². The Kier molecular flexibility index (Phi) is 2.26. The maximum atomic E-state index is 11.3. The van der Waals surface area contributed by atoms with Crippen molar-refractivity contribution in [3.63, 3.8) is 0 Å². The van der Waals surface area contributed by atoms with Crippen molar-refractivity contribution >= 4 is 17.7 Å². The maximum Gasteiger partial charge on any atom is 0.242 e. The van der Waals surface area contributed by atoms with E-state index in [0.717, 1.165) is 12.8 Å². The van der Waals surface area contributed by atoms with Gasteiger partial charge in [-0.05, 0) is 12.8 Å². The third-order valence-electron chi connectivity index (χ3n) is 3.05. The Bertz CT molecular complexity index is 195. The zero-order valence-corrected chi connectivity index (χ0v) is 7.89. The Morgan fingerprint density at radius 3 is 2.58 bits per heavy atom. The van der Waals surface area contributed by atoms with Crippen LogP contribution in [0.2, 0.25) is 0 Å². The molecule has 2 atom stereocenters. The van der Waals surface area contributed by atoms with Gasteiger partial charge >= 0.3 is 0 Å². The van der Waals surface area contributed by atoms with Crippen molar-refractivity contribution in [2.24, 2.45) is 5.92 Å². The summed E-state index contributed by atoms with van der Waals surface area (Å²) in [5.41, 5.74) is 0. The number of amides is 1. The summed E-state index contributed by atoms with van der Waals surface area (Å²) in [4.78, 5) is 11.3. The van der Waals surface area contributed by atoms with Crippen molar-refractivity contribution in [2.45, 2.75) is 44.6 Å². The Morgan fingerprint density at radius 1 is 1.17 bits per heavy atom. The van der Waals surface area contributed by atoms with Crippen LogP contribution in [0.3, 0.4) is 0 Å². The zero-order chi connectivity index (χ0) is 8.55. The number of fused-ring (bicyclic) bond motifs is 1. The molecule has 1 aliphatic heterocycles. The highest BCUT2D eigenvalue weighted by molar-refractivity contribution is 6.24. The van der Waals surface area contributed by atoms with Gasteiger partial charge in [0.15, 0.2) is 0 Å². The Labute approximate surface area is 78.0 Å². The molecule has 0 radical (unpaired) electrons. The van der Waals surface area contributed by atoms with Crippen molar-refractivity contribution in [1.29, 1.82) is 0 Å². The fourth-order valence-electron chi connectivity index (χ4n) is 2.26. The fraction of sp³-hybridized carbons (Fsp3) is 0.889. The predicted molar refractivity (Wildman–Crippen MR) is 47.7 cm³/mol. The topological polar surface area (TPSA) is 20.3 Å². The van der Waals surface area contributed by atoms with Crippen LogP contribution in [0.5, 0.6) is 0 Å². The van der Waals surface area contributed by atoms with Gasteiger partial charge in [-0.3, -0.25) is 9.21 Å². The SMILES string of the molecule is O=C1[C@@H]2CCCCCC[C@@H]2N1Cl. The molecule has 0 N–H and O–H groups in total. The van der Waals surface area contributed by atoms with Crippen LogP contribution in [0.1, 0.15) is 38.5 Å². The lowest BCUT2D eigenvalue weighted by Crippen LogP contribution is -2.56. The molecule has 1 aliphatic carbocycles.